The second-order valence-electron chi connectivity index (χ2n) is 5.63. The molecule has 0 unspecified atom stereocenters. The van der Waals surface area contributed by atoms with Crippen LogP contribution in [0.1, 0.15) is 24.0 Å². The van der Waals surface area contributed by atoms with Gasteiger partial charge in [-0.2, -0.15) is 13.2 Å². The minimum absolute atomic E-state index is 0.342. The normalized spacial score (nSPS) is 17.2. The van der Waals surface area contributed by atoms with Gasteiger partial charge in [0.25, 0.3) is 0 Å². The molecule has 0 aliphatic carbocycles. The second kappa shape index (κ2) is 6.04. The predicted molar refractivity (Wildman–Crippen MR) is 75.1 cm³/mol. The molecule has 0 radical (unpaired) electrons. The molecule has 112 valence electrons. The van der Waals surface area contributed by atoms with E-state index in [2.05, 4.69) is 5.32 Å². The van der Waals surface area contributed by atoms with Crippen LogP contribution in [0.15, 0.2) is 18.2 Å². The first-order valence-corrected chi connectivity index (χ1v) is 6.96. The zero-order valence-electron chi connectivity index (χ0n) is 11.9. The number of nitrogens with one attached hydrogen (secondary N) is 1. The van der Waals surface area contributed by atoms with Crippen LogP contribution in [-0.2, 0) is 12.6 Å². The Bertz CT molecular complexity index is 449. The van der Waals surface area contributed by atoms with Crippen LogP contribution in [0.3, 0.4) is 0 Å². The first-order valence-electron chi connectivity index (χ1n) is 6.96. The van der Waals surface area contributed by atoms with Crippen molar-refractivity contribution in [1.29, 1.82) is 0 Å². The Hall–Kier alpha value is -1.23. The fourth-order valence-electron chi connectivity index (χ4n) is 2.70. The summed E-state index contributed by atoms with van der Waals surface area (Å²) >= 11 is 0. The molecule has 0 bridgehead atoms. The number of nitrogens with zero attached hydrogens (tertiary/aromatic N) is 1. The molecule has 1 N–H and O–H groups in total. The highest BCUT2D eigenvalue weighted by Crippen LogP contribution is 2.35. The van der Waals surface area contributed by atoms with Crippen molar-refractivity contribution in [2.24, 2.45) is 5.92 Å². The molecule has 1 aliphatic heterocycles. The summed E-state index contributed by atoms with van der Waals surface area (Å²) < 4.78 is 39.3. The average molecular weight is 286 g/mol. The number of rotatable bonds is 3. The minimum atomic E-state index is -4.27. The first-order chi connectivity index (χ1) is 9.38. The molecule has 2 nitrogen and oxygen atoms in total. The molecular formula is C15H21F3N2. The van der Waals surface area contributed by atoms with Crippen LogP contribution < -0.4 is 10.2 Å². The maximum absolute atomic E-state index is 13.1. The Morgan fingerprint density at radius 2 is 1.85 bits per heavy atom. The molecule has 0 amide bonds. The third-order valence-corrected chi connectivity index (χ3v) is 3.88. The van der Waals surface area contributed by atoms with Gasteiger partial charge in [-0.05, 0) is 62.0 Å². The van der Waals surface area contributed by atoms with Gasteiger partial charge in [0.2, 0.25) is 0 Å². The monoisotopic (exact) mass is 286 g/mol. The highest BCUT2D eigenvalue weighted by molar-refractivity contribution is 5.50. The lowest BCUT2D eigenvalue weighted by molar-refractivity contribution is -0.138. The first kappa shape index (κ1) is 15.2. The van der Waals surface area contributed by atoms with Crippen molar-refractivity contribution in [2.45, 2.75) is 25.4 Å². The number of halogens is 3. The molecule has 0 saturated carbocycles. The van der Waals surface area contributed by atoms with Gasteiger partial charge in [-0.3, -0.25) is 0 Å². The highest BCUT2D eigenvalue weighted by Gasteiger charge is 2.34. The molecule has 0 aromatic heterocycles. The van der Waals surface area contributed by atoms with Crippen LogP contribution in [0.4, 0.5) is 18.9 Å². The van der Waals surface area contributed by atoms with E-state index in [4.69, 9.17) is 0 Å². The van der Waals surface area contributed by atoms with Gasteiger partial charge in [-0.25, -0.2) is 0 Å². The van der Waals surface area contributed by atoms with Crippen molar-refractivity contribution in [1.82, 2.24) is 5.32 Å². The van der Waals surface area contributed by atoms with Crippen molar-refractivity contribution in [2.75, 3.05) is 32.1 Å². The summed E-state index contributed by atoms with van der Waals surface area (Å²) in [6.07, 6.45) is -1.86. The molecular weight excluding hydrogens is 265 g/mol. The molecule has 2 rings (SSSR count). The van der Waals surface area contributed by atoms with Crippen LogP contribution >= 0.6 is 0 Å². The van der Waals surface area contributed by atoms with Crippen molar-refractivity contribution in [3.63, 3.8) is 0 Å². The summed E-state index contributed by atoms with van der Waals surface area (Å²) in [5.74, 6) is 0.342. The van der Waals surface area contributed by atoms with Gasteiger partial charge in [0, 0.05) is 19.8 Å². The van der Waals surface area contributed by atoms with Gasteiger partial charge in [-0.15, -0.1) is 0 Å². The zero-order valence-corrected chi connectivity index (χ0v) is 11.9. The highest BCUT2D eigenvalue weighted by atomic mass is 19.4. The molecule has 1 saturated heterocycles. The van der Waals surface area contributed by atoms with E-state index < -0.39 is 11.7 Å². The van der Waals surface area contributed by atoms with Gasteiger partial charge >= 0.3 is 6.18 Å². The number of alkyl halides is 3. The van der Waals surface area contributed by atoms with Gasteiger partial charge < -0.3 is 10.2 Å². The smallest absolute Gasteiger partial charge is 0.378 e. The SMILES string of the molecule is CN(C)c1ccc(C(F)(F)F)c(CC2CCNCC2)c1. The lowest BCUT2D eigenvalue weighted by Gasteiger charge is -2.25. The van der Waals surface area contributed by atoms with E-state index in [0.717, 1.165) is 31.6 Å². The Balaban J connectivity index is 2.28. The van der Waals surface area contributed by atoms with E-state index in [1.807, 2.05) is 19.0 Å². The quantitative estimate of drug-likeness (QED) is 0.917. The molecule has 1 aromatic rings. The molecule has 5 heteroatoms. The van der Waals surface area contributed by atoms with Crippen LogP contribution in [0.5, 0.6) is 0 Å². The van der Waals surface area contributed by atoms with Crippen LogP contribution in [-0.4, -0.2) is 27.2 Å². The Morgan fingerprint density at radius 3 is 2.40 bits per heavy atom. The van der Waals surface area contributed by atoms with Gasteiger partial charge in [-0.1, -0.05) is 0 Å². The number of hydrogen-bond acceptors (Lipinski definition) is 2. The van der Waals surface area contributed by atoms with Crippen molar-refractivity contribution >= 4 is 5.69 Å². The van der Waals surface area contributed by atoms with Crippen molar-refractivity contribution in [3.8, 4) is 0 Å². The molecule has 0 spiro atoms. The van der Waals surface area contributed by atoms with Crippen LogP contribution in [0.25, 0.3) is 0 Å². The van der Waals surface area contributed by atoms with Crippen LogP contribution in [0, 0.1) is 5.92 Å². The topological polar surface area (TPSA) is 15.3 Å². The predicted octanol–water partition coefficient (Wildman–Crippen LogP) is 3.31. The van der Waals surface area contributed by atoms with E-state index in [1.165, 1.54) is 12.1 Å². The number of benzene rings is 1. The third-order valence-electron chi connectivity index (χ3n) is 3.88. The maximum Gasteiger partial charge on any atom is 0.416 e. The van der Waals surface area contributed by atoms with Crippen LogP contribution in [0.2, 0.25) is 0 Å². The summed E-state index contributed by atoms with van der Waals surface area (Å²) in [5, 5.41) is 3.24. The Labute approximate surface area is 118 Å². The van der Waals surface area contributed by atoms with E-state index in [-0.39, 0.29) is 0 Å². The lowest BCUT2D eigenvalue weighted by Crippen LogP contribution is -2.29. The van der Waals surface area contributed by atoms with E-state index >= 15 is 0 Å². The zero-order chi connectivity index (χ0) is 14.8. The molecule has 1 aliphatic rings. The van der Waals surface area contributed by atoms with E-state index in [0.29, 0.717) is 17.9 Å². The van der Waals surface area contributed by atoms with Gasteiger partial charge in [0.15, 0.2) is 0 Å². The molecule has 1 aromatic carbocycles. The summed E-state index contributed by atoms with van der Waals surface area (Å²) in [4.78, 5) is 1.84. The second-order valence-corrected chi connectivity index (χ2v) is 5.63. The summed E-state index contributed by atoms with van der Waals surface area (Å²) in [6.45, 7) is 1.80. The standard InChI is InChI=1S/C15H21F3N2/c1-20(2)13-3-4-14(15(16,17)18)12(10-13)9-11-5-7-19-8-6-11/h3-4,10-11,19H,5-9H2,1-2H3. The Kier molecular flexibility index (Phi) is 4.58. The maximum atomic E-state index is 13.1. The van der Waals surface area contributed by atoms with Crippen molar-refractivity contribution in [3.05, 3.63) is 29.3 Å². The largest absolute Gasteiger partial charge is 0.416 e. The summed E-state index contributed by atoms with van der Waals surface area (Å²) in [7, 11) is 3.69. The molecule has 20 heavy (non-hydrogen) atoms. The summed E-state index contributed by atoms with van der Waals surface area (Å²) in [5.41, 5.74) is 0.763. The summed E-state index contributed by atoms with van der Waals surface area (Å²) in [6, 6.07) is 4.44. The van der Waals surface area contributed by atoms with E-state index in [1.54, 1.807) is 6.07 Å². The third kappa shape index (κ3) is 3.66. The minimum Gasteiger partial charge on any atom is -0.378 e. The number of piperidine rings is 1. The molecule has 1 heterocycles. The van der Waals surface area contributed by atoms with Gasteiger partial charge in [0.1, 0.15) is 0 Å². The molecule has 1 fully saturated rings. The Morgan fingerprint density at radius 1 is 1.20 bits per heavy atom. The van der Waals surface area contributed by atoms with Gasteiger partial charge in [0.05, 0.1) is 5.56 Å². The molecule has 0 atom stereocenters. The fourth-order valence-corrected chi connectivity index (χ4v) is 2.70. The lowest BCUT2D eigenvalue weighted by atomic mass is 9.88. The average Bonchev–Trinajstić information content (AvgIpc) is 2.38. The number of anilines is 1. The number of hydrogen-bond donors (Lipinski definition) is 1. The van der Waals surface area contributed by atoms with E-state index in [9.17, 15) is 13.2 Å². The van der Waals surface area contributed by atoms with Crippen molar-refractivity contribution < 1.29 is 13.2 Å². The fraction of sp³-hybridized carbons (Fsp3) is 0.600.